The quantitative estimate of drug-likeness (QED) is 0.834. The third-order valence-electron chi connectivity index (χ3n) is 3.92. The number of ether oxygens (including phenoxy) is 1. The lowest BCUT2D eigenvalue weighted by atomic mass is 9.90. The zero-order valence-corrected chi connectivity index (χ0v) is 12.7. The van der Waals surface area contributed by atoms with Gasteiger partial charge >= 0.3 is 0 Å². The minimum atomic E-state index is 0.709. The van der Waals surface area contributed by atoms with Crippen molar-refractivity contribution in [3.8, 4) is 5.75 Å². The van der Waals surface area contributed by atoms with Gasteiger partial charge in [-0.1, -0.05) is 19.4 Å². The second-order valence-electron chi connectivity index (χ2n) is 5.17. The van der Waals surface area contributed by atoms with Crippen molar-refractivity contribution in [3.63, 3.8) is 0 Å². The number of hydrogen-bond donors (Lipinski definition) is 1. The Balaban J connectivity index is 3.03. The van der Waals surface area contributed by atoms with Crippen LogP contribution in [0.4, 0.5) is 0 Å². The summed E-state index contributed by atoms with van der Waals surface area (Å²) in [5.74, 6) is 1.75. The Morgan fingerprint density at radius 3 is 2.39 bits per heavy atom. The molecule has 2 nitrogen and oxygen atoms in total. The van der Waals surface area contributed by atoms with Crippen molar-refractivity contribution in [2.75, 3.05) is 20.7 Å². The van der Waals surface area contributed by atoms with E-state index in [4.69, 9.17) is 4.74 Å². The van der Waals surface area contributed by atoms with Gasteiger partial charge in [-0.15, -0.1) is 0 Å². The Bertz CT molecular complexity index is 399. The minimum Gasteiger partial charge on any atom is -0.496 e. The van der Waals surface area contributed by atoms with Crippen molar-refractivity contribution in [3.05, 3.63) is 28.3 Å². The van der Waals surface area contributed by atoms with E-state index in [-0.39, 0.29) is 0 Å². The number of benzene rings is 1. The summed E-state index contributed by atoms with van der Waals surface area (Å²) in [7, 11) is 3.78. The molecule has 0 amide bonds. The van der Waals surface area contributed by atoms with Crippen LogP contribution < -0.4 is 10.1 Å². The molecule has 0 saturated heterocycles. The number of nitrogens with one attached hydrogen (secondary N) is 1. The van der Waals surface area contributed by atoms with E-state index in [0.29, 0.717) is 5.92 Å². The standard InChI is InChI=1S/C16H27NO/c1-7-14(10-17-5)9-15-8-11(2)16(18-6)13(4)12(15)3/h8,14,17H,7,9-10H2,1-6H3. The molecule has 102 valence electrons. The van der Waals surface area contributed by atoms with Crippen LogP contribution in [0.1, 0.15) is 35.6 Å². The summed E-state index contributed by atoms with van der Waals surface area (Å²) >= 11 is 0. The minimum absolute atomic E-state index is 0.709. The summed E-state index contributed by atoms with van der Waals surface area (Å²) in [6.07, 6.45) is 2.36. The van der Waals surface area contributed by atoms with Gasteiger partial charge in [0.15, 0.2) is 0 Å². The summed E-state index contributed by atoms with van der Waals surface area (Å²) in [4.78, 5) is 0. The fourth-order valence-electron chi connectivity index (χ4n) is 2.63. The second-order valence-corrected chi connectivity index (χ2v) is 5.17. The molecule has 1 atom stereocenters. The number of methoxy groups -OCH3 is 1. The Kier molecular flexibility index (Phi) is 5.67. The highest BCUT2D eigenvalue weighted by Crippen LogP contribution is 2.30. The first-order valence-corrected chi connectivity index (χ1v) is 6.83. The van der Waals surface area contributed by atoms with Gasteiger partial charge in [0.2, 0.25) is 0 Å². The Labute approximate surface area is 112 Å². The first kappa shape index (κ1) is 15.0. The van der Waals surface area contributed by atoms with E-state index < -0.39 is 0 Å². The fourth-order valence-corrected chi connectivity index (χ4v) is 2.63. The van der Waals surface area contributed by atoms with Crippen LogP contribution in [0.15, 0.2) is 6.07 Å². The Morgan fingerprint density at radius 1 is 1.22 bits per heavy atom. The maximum Gasteiger partial charge on any atom is 0.124 e. The van der Waals surface area contributed by atoms with Gasteiger partial charge in [0.25, 0.3) is 0 Å². The molecule has 0 radical (unpaired) electrons. The van der Waals surface area contributed by atoms with Crippen LogP contribution in [0.3, 0.4) is 0 Å². The molecule has 0 aliphatic carbocycles. The summed E-state index contributed by atoms with van der Waals surface area (Å²) < 4.78 is 5.48. The SMILES string of the molecule is CCC(CNC)Cc1cc(C)c(OC)c(C)c1C. The third-order valence-corrected chi connectivity index (χ3v) is 3.92. The van der Waals surface area contributed by atoms with E-state index >= 15 is 0 Å². The van der Waals surface area contributed by atoms with Gasteiger partial charge in [-0.25, -0.2) is 0 Å². The van der Waals surface area contributed by atoms with E-state index in [1.807, 2.05) is 7.05 Å². The van der Waals surface area contributed by atoms with Gasteiger partial charge in [-0.05, 0) is 69.0 Å². The van der Waals surface area contributed by atoms with Crippen molar-refractivity contribution >= 4 is 0 Å². The zero-order valence-electron chi connectivity index (χ0n) is 12.7. The van der Waals surface area contributed by atoms with E-state index in [1.165, 1.54) is 28.7 Å². The molecule has 2 heteroatoms. The fraction of sp³-hybridized carbons (Fsp3) is 0.625. The third kappa shape index (κ3) is 3.26. The lowest BCUT2D eigenvalue weighted by molar-refractivity contribution is 0.407. The first-order chi connectivity index (χ1) is 8.54. The molecule has 1 rings (SSSR count). The average Bonchev–Trinajstić information content (AvgIpc) is 2.35. The molecular formula is C16H27NO. The molecule has 0 heterocycles. The van der Waals surface area contributed by atoms with E-state index in [2.05, 4.69) is 39.1 Å². The molecule has 0 aromatic heterocycles. The van der Waals surface area contributed by atoms with Crippen molar-refractivity contribution in [2.45, 2.75) is 40.5 Å². The topological polar surface area (TPSA) is 21.3 Å². The summed E-state index contributed by atoms with van der Waals surface area (Å²) in [5.41, 5.74) is 5.38. The van der Waals surface area contributed by atoms with Crippen LogP contribution in [-0.2, 0) is 6.42 Å². The van der Waals surface area contributed by atoms with Gasteiger partial charge < -0.3 is 10.1 Å². The molecule has 0 bridgehead atoms. The summed E-state index contributed by atoms with van der Waals surface area (Å²) in [6.45, 7) is 9.84. The molecule has 1 aromatic rings. The number of rotatable bonds is 6. The van der Waals surface area contributed by atoms with Crippen molar-refractivity contribution in [1.29, 1.82) is 0 Å². The molecule has 0 spiro atoms. The van der Waals surface area contributed by atoms with Crippen LogP contribution in [0.2, 0.25) is 0 Å². The van der Waals surface area contributed by atoms with Crippen LogP contribution >= 0.6 is 0 Å². The highest BCUT2D eigenvalue weighted by Gasteiger charge is 2.13. The first-order valence-electron chi connectivity index (χ1n) is 6.83. The predicted octanol–water partition coefficient (Wildman–Crippen LogP) is 3.41. The van der Waals surface area contributed by atoms with Crippen LogP contribution in [-0.4, -0.2) is 20.7 Å². The van der Waals surface area contributed by atoms with Gasteiger partial charge in [-0.2, -0.15) is 0 Å². The van der Waals surface area contributed by atoms with Gasteiger partial charge in [0.05, 0.1) is 7.11 Å². The molecule has 18 heavy (non-hydrogen) atoms. The molecule has 0 aliphatic rings. The highest BCUT2D eigenvalue weighted by atomic mass is 16.5. The van der Waals surface area contributed by atoms with E-state index in [0.717, 1.165) is 18.7 Å². The molecule has 1 aromatic carbocycles. The molecule has 1 unspecified atom stereocenters. The molecule has 0 fully saturated rings. The maximum atomic E-state index is 5.48. The summed E-state index contributed by atoms with van der Waals surface area (Å²) in [5, 5.41) is 3.29. The second kappa shape index (κ2) is 6.79. The lowest BCUT2D eigenvalue weighted by Gasteiger charge is -2.19. The molecular weight excluding hydrogens is 222 g/mol. The van der Waals surface area contributed by atoms with Crippen LogP contribution in [0.25, 0.3) is 0 Å². The van der Waals surface area contributed by atoms with Crippen molar-refractivity contribution < 1.29 is 4.74 Å². The smallest absolute Gasteiger partial charge is 0.124 e. The van der Waals surface area contributed by atoms with Crippen LogP contribution in [0, 0.1) is 26.7 Å². The zero-order chi connectivity index (χ0) is 13.7. The summed E-state index contributed by atoms with van der Waals surface area (Å²) in [6, 6.07) is 2.29. The number of aryl methyl sites for hydroxylation is 1. The monoisotopic (exact) mass is 249 g/mol. The van der Waals surface area contributed by atoms with E-state index in [1.54, 1.807) is 7.11 Å². The average molecular weight is 249 g/mol. The van der Waals surface area contributed by atoms with Gasteiger partial charge in [-0.3, -0.25) is 0 Å². The van der Waals surface area contributed by atoms with Crippen molar-refractivity contribution in [2.24, 2.45) is 5.92 Å². The lowest BCUT2D eigenvalue weighted by Crippen LogP contribution is -2.20. The Hall–Kier alpha value is -1.02. The maximum absolute atomic E-state index is 5.48. The number of hydrogen-bond acceptors (Lipinski definition) is 2. The predicted molar refractivity (Wildman–Crippen MR) is 78.6 cm³/mol. The van der Waals surface area contributed by atoms with Gasteiger partial charge in [0, 0.05) is 0 Å². The van der Waals surface area contributed by atoms with Crippen LogP contribution in [0.5, 0.6) is 5.75 Å². The van der Waals surface area contributed by atoms with E-state index in [9.17, 15) is 0 Å². The normalized spacial score (nSPS) is 12.6. The Morgan fingerprint density at radius 2 is 1.89 bits per heavy atom. The van der Waals surface area contributed by atoms with Gasteiger partial charge in [0.1, 0.15) is 5.75 Å². The largest absolute Gasteiger partial charge is 0.496 e. The molecule has 1 N–H and O–H groups in total. The molecule has 0 saturated carbocycles. The van der Waals surface area contributed by atoms with Crippen molar-refractivity contribution in [1.82, 2.24) is 5.32 Å². The highest BCUT2D eigenvalue weighted by molar-refractivity contribution is 5.49. The molecule has 0 aliphatic heterocycles.